The van der Waals surface area contributed by atoms with Crippen LogP contribution in [0.3, 0.4) is 0 Å². The van der Waals surface area contributed by atoms with E-state index in [0.29, 0.717) is 0 Å². The van der Waals surface area contributed by atoms with Gasteiger partial charge in [-0.1, -0.05) is 158 Å². The molecule has 0 spiro atoms. The second-order valence-corrected chi connectivity index (χ2v) is 16.2. The average Bonchev–Trinajstić information content (AvgIpc) is 3.86. The van der Waals surface area contributed by atoms with Crippen LogP contribution in [0.25, 0.3) is 84.2 Å². The number of nitrogens with zero attached hydrogens (tertiary/aromatic N) is 2. The van der Waals surface area contributed by atoms with Gasteiger partial charge < -0.3 is 14.5 Å². The summed E-state index contributed by atoms with van der Waals surface area (Å²) in [5.74, 6) is 0. The molecule has 0 bridgehead atoms. The lowest BCUT2D eigenvalue weighted by atomic mass is 9.96. The lowest BCUT2D eigenvalue weighted by Gasteiger charge is -2.33. The van der Waals surface area contributed by atoms with Gasteiger partial charge in [-0.3, -0.25) is 5.32 Å². The van der Waals surface area contributed by atoms with Gasteiger partial charge in [-0.05, 0) is 119 Å². The van der Waals surface area contributed by atoms with Gasteiger partial charge in [0.25, 0.3) is 0 Å². The third-order valence-electron chi connectivity index (χ3n) is 12.5. The normalized spacial score (nSPS) is 15.2. The van der Waals surface area contributed by atoms with Crippen molar-refractivity contribution in [2.75, 3.05) is 0 Å². The molecule has 302 valence electrons. The summed E-state index contributed by atoms with van der Waals surface area (Å²) in [6.45, 7) is 6.29. The quantitative estimate of drug-likeness (QED) is 0.152. The molecular formula is C59H46N4. The van der Waals surface area contributed by atoms with Gasteiger partial charge in [-0.2, -0.15) is 0 Å². The second-order valence-electron chi connectivity index (χ2n) is 16.2. The zero-order valence-corrected chi connectivity index (χ0v) is 35.1. The molecule has 0 amide bonds. The highest BCUT2D eigenvalue weighted by Crippen LogP contribution is 2.39. The van der Waals surface area contributed by atoms with E-state index in [1.807, 2.05) is 6.08 Å². The minimum atomic E-state index is -0.0713. The van der Waals surface area contributed by atoms with Crippen molar-refractivity contribution < 1.29 is 0 Å². The minimum Gasteiger partial charge on any atom is -0.366 e. The third kappa shape index (κ3) is 6.87. The number of benzene rings is 8. The van der Waals surface area contributed by atoms with Gasteiger partial charge in [-0.15, -0.1) is 0 Å². The molecule has 0 fully saturated rings. The van der Waals surface area contributed by atoms with Crippen molar-refractivity contribution in [3.8, 4) is 33.6 Å². The molecule has 0 saturated carbocycles. The molecule has 3 heterocycles. The van der Waals surface area contributed by atoms with Crippen molar-refractivity contribution in [1.82, 2.24) is 19.8 Å². The Kier molecular flexibility index (Phi) is 9.76. The fourth-order valence-corrected chi connectivity index (χ4v) is 9.51. The van der Waals surface area contributed by atoms with Crippen molar-refractivity contribution in [2.45, 2.75) is 19.1 Å². The van der Waals surface area contributed by atoms with Crippen LogP contribution >= 0.6 is 0 Å². The van der Waals surface area contributed by atoms with Gasteiger partial charge in [0, 0.05) is 38.8 Å². The van der Waals surface area contributed by atoms with Gasteiger partial charge in [0.1, 0.15) is 6.17 Å². The molecule has 0 radical (unpaired) electrons. The third-order valence-corrected chi connectivity index (χ3v) is 12.5. The molecule has 1 aliphatic rings. The molecule has 0 saturated heterocycles. The Morgan fingerprint density at radius 1 is 0.476 bits per heavy atom. The summed E-state index contributed by atoms with van der Waals surface area (Å²) in [5.41, 5.74) is 17.5. The molecule has 2 aromatic heterocycles. The molecule has 2 unspecified atom stereocenters. The van der Waals surface area contributed by atoms with Crippen LogP contribution in [0.2, 0.25) is 0 Å². The Morgan fingerprint density at radius 2 is 1.05 bits per heavy atom. The highest BCUT2D eigenvalue weighted by Gasteiger charge is 2.24. The number of hydrogen-bond acceptors (Lipinski definition) is 2. The maximum absolute atomic E-state index is 4.22. The van der Waals surface area contributed by atoms with Crippen molar-refractivity contribution >= 4 is 50.6 Å². The Labute approximate surface area is 368 Å². The van der Waals surface area contributed by atoms with E-state index in [9.17, 15) is 0 Å². The van der Waals surface area contributed by atoms with Crippen molar-refractivity contribution in [1.29, 1.82) is 0 Å². The molecular weight excluding hydrogens is 765 g/mol. The van der Waals surface area contributed by atoms with Crippen LogP contribution in [0.5, 0.6) is 0 Å². The van der Waals surface area contributed by atoms with E-state index >= 15 is 0 Å². The first-order valence-electron chi connectivity index (χ1n) is 21.7. The number of rotatable bonds is 9. The van der Waals surface area contributed by atoms with Crippen LogP contribution < -0.4 is 10.6 Å². The highest BCUT2D eigenvalue weighted by molar-refractivity contribution is 6.10. The second kappa shape index (κ2) is 16.2. The average molecular weight is 811 g/mol. The largest absolute Gasteiger partial charge is 0.366 e. The van der Waals surface area contributed by atoms with Crippen LogP contribution in [-0.4, -0.2) is 9.13 Å². The molecule has 10 aromatic rings. The summed E-state index contributed by atoms with van der Waals surface area (Å²) in [5, 5.41) is 11.3. The molecule has 4 heteroatoms. The van der Waals surface area contributed by atoms with Gasteiger partial charge in [0.15, 0.2) is 0 Å². The number of para-hydroxylation sites is 2. The number of allylic oxidation sites excluding steroid dienone is 1. The molecule has 2 atom stereocenters. The number of hydrogen-bond donors (Lipinski definition) is 2. The zero-order valence-electron chi connectivity index (χ0n) is 35.1. The van der Waals surface area contributed by atoms with E-state index in [0.717, 1.165) is 28.3 Å². The number of aromatic nitrogens is 2. The Bertz CT molecular complexity index is 3350. The zero-order chi connectivity index (χ0) is 42.3. The Hall–Kier alpha value is -7.92. The highest BCUT2D eigenvalue weighted by atomic mass is 15.2. The summed E-state index contributed by atoms with van der Waals surface area (Å²) in [7, 11) is 0. The Balaban J connectivity index is 0.937. The lowest BCUT2D eigenvalue weighted by molar-refractivity contribution is 0.442. The number of fused-ring (bicyclic) bond motifs is 4. The maximum atomic E-state index is 4.22. The van der Waals surface area contributed by atoms with Crippen LogP contribution in [0.15, 0.2) is 219 Å². The fraction of sp³-hybridized carbons (Fsp3) is 0.0508. The van der Waals surface area contributed by atoms with Crippen molar-refractivity contribution in [3.05, 3.63) is 247 Å². The monoisotopic (exact) mass is 810 g/mol. The van der Waals surface area contributed by atoms with Crippen LogP contribution in [0.4, 0.5) is 0 Å². The summed E-state index contributed by atoms with van der Waals surface area (Å²) >= 11 is 0. The van der Waals surface area contributed by atoms with Crippen molar-refractivity contribution in [2.24, 2.45) is 0 Å². The first kappa shape index (κ1) is 38.0. The first-order chi connectivity index (χ1) is 31.1. The van der Waals surface area contributed by atoms with Gasteiger partial charge in [0.2, 0.25) is 0 Å². The van der Waals surface area contributed by atoms with E-state index in [-0.39, 0.29) is 12.2 Å². The molecule has 63 heavy (non-hydrogen) atoms. The Morgan fingerprint density at radius 3 is 1.75 bits per heavy atom. The summed E-state index contributed by atoms with van der Waals surface area (Å²) in [4.78, 5) is 0. The van der Waals surface area contributed by atoms with E-state index in [2.05, 4.69) is 252 Å². The topological polar surface area (TPSA) is 33.9 Å². The lowest BCUT2D eigenvalue weighted by Crippen LogP contribution is -2.39. The standard InChI is InChI=1S/C59H46N4/c1-3-17-49-51-37-45(30-34-57(51)62(55(49)4-2)47-24-12-7-13-25-47)43-22-16-23-44(36-43)46-31-35-58-52(38-46)50-26-14-15-27-56(50)63(58)48-32-28-42(29-33-48)59-60-53(40-18-8-5-9-19-40)39-54(61-59)41-20-10-6-11-21-41/h3-39,53,59-61H,2H2,1H3/b17-3-. The smallest absolute Gasteiger partial charge is 0.104 e. The minimum absolute atomic E-state index is 0.0672. The summed E-state index contributed by atoms with van der Waals surface area (Å²) in [6.07, 6.45) is 8.50. The molecule has 2 N–H and O–H groups in total. The van der Waals surface area contributed by atoms with Crippen LogP contribution in [-0.2, 0) is 0 Å². The molecule has 8 aromatic carbocycles. The van der Waals surface area contributed by atoms with E-state index < -0.39 is 0 Å². The fourth-order valence-electron chi connectivity index (χ4n) is 9.51. The maximum Gasteiger partial charge on any atom is 0.104 e. The van der Waals surface area contributed by atoms with Crippen LogP contribution in [0, 0.1) is 0 Å². The van der Waals surface area contributed by atoms with Crippen molar-refractivity contribution in [3.63, 3.8) is 0 Å². The molecule has 4 nitrogen and oxygen atoms in total. The van der Waals surface area contributed by atoms with Gasteiger partial charge in [-0.25, -0.2) is 0 Å². The van der Waals surface area contributed by atoms with E-state index in [4.69, 9.17) is 0 Å². The van der Waals surface area contributed by atoms with Gasteiger partial charge >= 0.3 is 0 Å². The predicted molar refractivity (Wildman–Crippen MR) is 266 cm³/mol. The summed E-state index contributed by atoms with van der Waals surface area (Å²) in [6, 6.07) is 72.3. The van der Waals surface area contributed by atoms with Gasteiger partial charge in [0.05, 0.1) is 28.3 Å². The first-order valence-corrected chi connectivity index (χ1v) is 21.7. The predicted octanol–water partition coefficient (Wildman–Crippen LogP) is 14.7. The SMILES string of the molecule is C=Cc1c(/C=C\C)c2cc(-c3cccc(-c4ccc5c(c4)c4ccccc4n5-c4ccc(C5NC(c6ccccc6)=CC(c6ccccc6)N5)cc4)c3)ccc2n1-c1ccccc1. The molecule has 1 aliphatic heterocycles. The van der Waals surface area contributed by atoms with Crippen LogP contribution in [0.1, 0.15) is 47.1 Å². The summed E-state index contributed by atoms with van der Waals surface area (Å²) < 4.78 is 4.71. The number of nitrogens with one attached hydrogen (secondary N) is 2. The van der Waals surface area contributed by atoms with E-state index in [1.165, 1.54) is 71.7 Å². The molecule has 0 aliphatic carbocycles. The van der Waals surface area contributed by atoms with E-state index in [1.54, 1.807) is 0 Å². The molecule has 11 rings (SSSR count).